The molecule has 17 heteroatoms. The van der Waals surface area contributed by atoms with Gasteiger partial charge in [0.15, 0.2) is 18.9 Å². The van der Waals surface area contributed by atoms with Gasteiger partial charge in [0.05, 0.1) is 19.8 Å². The van der Waals surface area contributed by atoms with Crippen LogP contribution in [0, 0.1) is 0 Å². The molecule has 15 atom stereocenters. The lowest BCUT2D eigenvalue weighted by atomic mass is 9.95. The molecule has 1 amide bonds. The SMILES string of the molecule is CC(=O)N[C@H]1[C@@H](O[C@@H]2[C@H](O)[C@@H](O)[C@H](O[C@H]3[C@H](O)[C@@H](O)[C@H](O)O[C@@H]3CO)O[C@@H]2CO)O[C@H](CO)[C@H](O)[C@@H]1O. The van der Waals surface area contributed by atoms with E-state index in [4.69, 9.17) is 23.7 Å². The van der Waals surface area contributed by atoms with Crippen molar-refractivity contribution in [1.29, 1.82) is 0 Å². The zero-order valence-electron chi connectivity index (χ0n) is 19.7. The average Bonchev–Trinajstić information content (AvgIpc) is 2.87. The van der Waals surface area contributed by atoms with E-state index in [0.717, 1.165) is 6.92 Å². The summed E-state index contributed by atoms with van der Waals surface area (Å²) >= 11 is 0. The van der Waals surface area contributed by atoms with Crippen LogP contribution in [0.4, 0.5) is 0 Å². The summed E-state index contributed by atoms with van der Waals surface area (Å²) in [7, 11) is 0. The fraction of sp³-hybridized carbons (Fsp3) is 0.950. The number of carbonyl (C=O) groups excluding carboxylic acids is 1. The van der Waals surface area contributed by atoms with E-state index in [1.165, 1.54) is 0 Å². The molecule has 0 radical (unpaired) electrons. The topological polar surface area (TPSA) is 278 Å². The summed E-state index contributed by atoms with van der Waals surface area (Å²) in [6, 6.07) is -1.39. The average molecular weight is 545 g/mol. The van der Waals surface area contributed by atoms with Gasteiger partial charge in [-0.15, -0.1) is 0 Å². The molecule has 0 unspecified atom stereocenters. The molecule has 216 valence electrons. The Kier molecular flexibility index (Phi) is 10.5. The van der Waals surface area contributed by atoms with E-state index in [2.05, 4.69) is 5.32 Å². The standard InChI is InChI=1S/C20H35NO16/c1-5(25)21-9-11(27)10(26)6(2-22)34-19(9)36-17-8(4-24)35-20(15(31)13(17)29)37-16-7(3-23)33-18(32)14(30)12(16)28/h6-20,22-24,26-32H,2-4H2,1H3,(H,21,25)/t6-,7-,8-,9-,10+,11-,12-,13-,14-,15-,16-,17+,18-,19-,20+/m1/s1. The first-order valence-electron chi connectivity index (χ1n) is 11.6. The van der Waals surface area contributed by atoms with Crippen molar-refractivity contribution in [2.24, 2.45) is 0 Å². The maximum absolute atomic E-state index is 11.6. The molecule has 3 rings (SSSR count). The predicted molar refractivity (Wildman–Crippen MR) is 113 cm³/mol. The number of aliphatic hydroxyl groups excluding tert-OH is 10. The number of nitrogens with one attached hydrogen (secondary N) is 1. The molecule has 3 heterocycles. The molecule has 37 heavy (non-hydrogen) atoms. The Hall–Kier alpha value is -1.13. The molecule has 3 saturated heterocycles. The van der Waals surface area contributed by atoms with Crippen molar-refractivity contribution in [3.63, 3.8) is 0 Å². The van der Waals surface area contributed by atoms with Gasteiger partial charge in [-0.05, 0) is 0 Å². The number of hydrogen-bond donors (Lipinski definition) is 11. The number of amides is 1. The predicted octanol–water partition coefficient (Wildman–Crippen LogP) is -7.43. The van der Waals surface area contributed by atoms with E-state index in [1.807, 2.05) is 0 Å². The lowest BCUT2D eigenvalue weighted by molar-refractivity contribution is -0.372. The largest absolute Gasteiger partial charge is 0.394 e. The molecule has 3 aliphatic heterocycles. The van der Waals surface area contributed by atoms with Gasteiger partial charge >= 0.3 is 0 Å². The van der Waals surface area contributed by atoms with Gasteiger partial charge in [0.2, 0.25) is 5.91 Å². The van der Waals surface area contributed by atoms with Crippen LogP contribution in [0.2, 0.25) is 0 Å². The molecule has 0 saturated carbocycles. The second-order valence-electron chi connectivity index (χ2n) is 9.07. The second kappa shape index (κ2) is 12.8. The minimum absolute atomic E-state index is 0.637. The minimum atomic E-state index is -1.92. The highest BCUT2D eigenvalue weighted by molar-refractivity contribution is 5.73. The lowest BCUT2D eigenvalue weighted by Gasteiger charge is -2.48. The highest BCUT2D eigenvalue weighted by Crippen LogP contribution is 2.32. The van der Waals surface area contributed by atoms with Crippen molar-refractivity contribution in [2.45, 2.75) is 99.0 Å². The number of rotatable bonds is 8. The maximum atomic E-state index is 11.6. The summed E-state index contributed by atoms with van der Waals surface area (Å²) in [5, 5.41) is 103. The molecule has 11 N–H and O–H groups in total. The Morgan fingerprint density at radius 3 is 1.68 bits per heavy atom. The molecule has 0 aromatic heterocycles. The molecule has 0 spiro atoms. The summed E-state index contributed by atoms with van der Waals surface area (Å²) in [6.07, 6.45) is -23.1. The normalized spacial score (nSPS) is 49.0. The first kappa shape index (κ1) is 30.4. The van der Waals surface area contributed by atoms with E-state index in [9.17, 15) is 55.9 Å². The monoisotopic (exact) mass is 545 g/mol. The van der Waals surface area contributed by atoms with E-state index in [-0.39, 0.29) is 0 Å². The van der Waals surface area contributed by atoms with Crippen molar-refractivity contribution in [3.05, 3.63) is 0 Å². The third kappa shape index (κ3) is 6.38. The number of hydrogen-bond acceptors (Lipinski definition) is 16. The van der Waals surface area contributed by atoms with E-state index >= 15 is 0 Å². The minimum Gasteiger partial charge on any atom is -0.394 e. The second-order valence-corrected chi connectivity index (χ2v) is 9.07. The molecular formula is C20H35NO16. The van der Waals surface area contributed by atoms with Crippen molar-refractivity contribution in [3.8, 4) is 0 Å². The van der Waals surface area contributed by atoms with Gasteiger partial charge in [-0.2, -0.15) is 0 Å². The van der Waals surface area contributed by atoms with Crippen LogP contribution < -0.4 is 5.32 Å². The molecular weight excluding hydrogens is 510 g/mol. The third-order valence-corrected chi connectivity index (χ3v) is 6.49. The molecule has 0 bridgehead atoms. The maximum Gasteiger partial charge on any atom is 0.217 e. The smallest absolute Gasteiger partial charge is 0.217 e. The van der Waals surface area contributed by atoms with E-state index in [0.29, 0.717) is 0 Å². The van der Waals surface area contributed by atoms with Crippen LogP contribution in [0.3, 0.4) is 0 Å². The summed E-state index contributed by atoms with van der Waals surface area (Å²) in [4.78, 5) is 11.6. The number of carbonyl (C=O) groups is 1. The quantitative estimate of drug-likeness (QED) is 0.135. The van der Waals surface area contributed by atoms with Gasteiger partial charge in [-0.3, -0.25) is 4.79 Å². The Labute approximate surface area is 210 Å². The van der Waals surface area contributed by atoms with Crippen molar-refractivity contribution in [1.82, 2.24) is 5.32 Å². The van der Waals surface area contributed by atoms with Gasteiger partial charge in [0.1, 0.15) is 73.2 Å². The molecule has 0 aromatic carbocycles. The zero-order valence-corrected chi connectivity index (χ0v) is 19.7. The number of aliphatic hydroxyl groups is 10. The lowest BCUT2D eigenvalue weighted by Crippen LogP contribution is -2.68. The summed E-state index contributed by atoms with van der Waals surface area (Å²) < 4.78 is 27.0. The van der Waals surface area contributed by atoms with Crippen molar-refractivity contribution < 1.29 is 79.5 Å². The first-order valence-corrected chi connectivity index (χ1v) is 11.6. The van der Waals surface area contributed by atoms with Gasteiger partial charge in [0, 0.05) is 6.92 Å². The van der Waals surface area contributed by atoms with Crippen LogP contribution in [0.25, 0.3) is 0 Å². The van der Waals surface area contributed by atoms with E-state index in [1.54, 1.807) is 0 Å². The van der Waals surface area contributed by atoms with Gasteiger partial charge < -0.3 is 80.1 Å². The molecule has 0 aliphatic carbocycles. The van der Waals surface area contributed by atoms with Crippen LogP contribution in [0.5, 0.6) is 0 Å². The first-order chi connectivity index (χ1) is 17.4. The van der Waals surface area contributed by atoms with Crippen LogP contribution in [0.1, 0.15) is 6.92 Å². The summed E-state index contributed by atoms with van der Waals surface area (Å²) in [5.74, 6) is -0.637. The van der Waals surface area contributed by atoms with E-state index < -0.39 is 118 Å². The Morgan fingerprint density at radius 1 is 0.649 bits per heavy atom. The Balaban J connectivity index is 1.77. The van der Waals surface area contributed by atoms with Crippen LogP contribution >= 0.6 is 0 Å². The Bertz CT molecular complexity index is 743. The van der Waals surface area contributed by atoms with Crippen LogP contribution in [-0.4, -0.2) is 169 Å². The van der Waals surface area contributed by atoms with Crippen molar-refractivity contribution >= 4 is 5.91 Å². The third-order valence-electron chi connectivity index (χ3n) is 6.49. The van der Waals surface area contributed by atoms with Crippen LogP contribution in [0.15, 0.2) is 0 Å². The fourth-order valence-electron chi connectivity index (χ4n) is 4.46. The zero-order chi connectivity index (χ0) is 27.6. The Morgan fingerprint density at radius 2 is 1.14 bits per heavy atom. The summed E-state index contributed by atoms with van der Waals surface area (Å²) in [5.41, 5.74) is 0. The fourth-order valence-corrected chi connectivity index (χ4v) is 4.46. The molecule has 3 fully saturated rings. The highest BCUT2D eigenvalue weighted by Gasteiger charge is 2.53. The molecule has 0 aromatic rings. The van der Waals surface area contributed by atoms with Gasteiger partial charge in [0.25, 0.3) is 0 Å². The summed E-state index contributed by atoms with van der Waals surface area (Å²) in [6.45, 7) is -1.21. The number of ether oxygens (including phenoxy) is 5. The molecule has 17 nitrogen and oxygen atoms in total. The highest BCUT2D eigenvalue weighted by atomic mass is 16.7. The van der Waals surface area contributed by atoms with Gasteiger partial charge in [-0.25, -0.2) is 0 Å². The van der Waals surface area contributed by atoms with Crippen molar-refractivity contribution in [2.75, 3.05) is 19.8 Å². The van der Waals surface area contributed by atoms with Crippen LogP contribution in [-0.2, 0) is 28.5 Å². The van der Waals surface area contributed by atoms with Gasteiger partial charge in [-0.1, -0.05) is 0 Å². The molecule has 3 aliphatic rings.